The molecule has 3 N–H and O–H groups in total. The maximum atomic E-state index is 5.97. The van der Waals surface area contributed by atoms with E-state index >= 15 is 0 Å². The molecule has 0 atom stereocenters. The van der Waals surface area contributed by atoms with Gasteiger partial charge in [-0.15, -0.1) is 11.8 Å². The molecule has 1 aliphatic carbocycles. The Kier molecular flexibility index (Phi) is 5.33. The van der Waals surface area contributed by atoms with Crippen LogP contribution in [0.3, 0.4) is 0 Å². The summed E-state index contributed by atoms with van der Waals surface area (Å²) in [6.45, 7) is 4.46. The molecule has 110 valence electrons. The third-order valence-corrected chi connectivity index (χ3v) is 5.11. The van der Waals surface area contributed by atoms with Gasteiger partial charge in [-0.1, -0.05) is 44.5 Å². The Labute approximate surface area is 131 Å². The number of hydrogen-bond donors (Lipinski definition) is 2. The number of nitrogens with two attached hydrogens (primary N) is 1. The van der Waals surface area contributed by atoms with Crippen molar-refractivity contribution in [3.8, 4) is 0 Å². The molecule has 0 heterocycles. The number of nitrogens with one attached hydrogen (secondary N) is 1. The maximum absolute atomic E-state index is 5.97. The number of rotatable bonds is 5. The Morgan fingerprint density at radius 1 is 1.35 bits per heavy atom. The molecule has 1 saturated carbocycles. The van der Waals surface area contributed by atoms with Crippen LogP contribution in [0.4, 0.5) is 5.69 Å². The van der Waals surface area contributed by atoms with Gasteiger partial charge >= 0.3 is 0 Å². The van der Waals surface area contributed by atoms with Crippen molar-refractivity contribution in [3.63, 3.8) is 0 Å². The van der Waals surface area contributed by atoms with Gasteiger partial charge in [0.15, 0.2) is 0 Å². The first-order valence-electron chi connectivity index (χ1n) is 7.39. The van der Waals surface area contributed by atoms with Crippen molar-refractivity contribution in [2.75, 3.05) is 11.1 Å². The van der Waals surface area contributed by atoms with Gasteiger partial charge in [0.25, 0.3) is 0 Å². The Morgan fingerprint density at radius 2 is 2.05 bits per heavy atom. The van der Waals surface area contributed by atoms with Crippen molar-refractivity contribution in [1.29, 1.82) is 0 Å². The first-order chi connectivity index (χ1) is 9.56. The number of thioether (sulfide) groups is 1. The summed E-state index contributed by atoms with van der Waals surface area (Å²) in [5, 5.41) is 3.73. The van der Waals surface area contributed by atoms with Crippen molar-refractivity contribution >= 4 is 34.7 Å². The molecular formula is C16H24N2S2. The van der Waals surface area contributed by atoms with Gasteiger partial charge in [0.05, 0.1) is 0 Å². The second-order valence-corrected chi connectivity index (χ2v) is 7.47. The van der Waals surface area contributed by atoms with Crippen molar-refractivity contribution < 1.29 is 0 Å². The van der Waals surface area contributed by atoms with Crippen LogP contribution < -0.4 is 11.1 Å². The molecule has 4 heteroatoms. The molecule has 1 aliphatic rings. The molecule has 1 aromatic rings. The van der Waals surface area contributed by atoms with Crippen molar-refractivity contribution in [2.24, 2.45) is 5.73 Å². The predicted molar refractivity (Wildman–Crippen MR) is 93.8 cm³/mol. The fraction of sp³-hybridized carbons (Fsp3) is 0.562. The highest BCUT2D eigenvalue weighted by atomic mass is 32.2. The minimum absolute atomic E-state index is 0.174. The van der Waals surface area contributed by atoms with E-state index in [1.165, 1.54) is 37.0 Å². The normalized spacial score (nSPS) is 17.7. The quantitative estimate of drug-likeness (QED) is 0.617. The number of thiocarbonyl (C=S) groups is 1. The fourth-order valence-corrected chi connectivity index (χ4v) is 4.08. The Morgan fingerprint density at radius 3 is 2.65 bits per heavy atom. The highest BCUT2D eigenvalue weighted by Gasteiger charge is 2.27. The topological polar surface area (TPSA) is 38.0 Å². The molecule has 2 rings (SSSR count). The molecule has 0 bridgehead atoms. The minimum Gasteiger partial charge on any atom is -0.389 e. The summed E-state index contributed by atoms with van der Waals surface area (Å²) in [4.78, 5) is 1.67. The molecular weight excluding hydrogens is 284 g/mol. The van der Waals surface area contributed by atoms with Crippen LogP contribution in [-0.4, -0.2) is 16.3 Å². The first kappa shape index (κ1) is 15.6. The van der Waals surface area contributed by atoms with Crippen LogP contribution in [0, 0.1) is 0 Å². The molecule has 20 heavy (non-hydrogen) atoms. The molecule has 1 fully saturated rings. The second kappa shape index (κ2) is 6.81. The molecule has 0 unspecified atom stereocenters. The SMILES string of the molecule is CCSc1cccc(NC2(C)CCCCC2)c1C(N)=S. The van der Waals surface area contributed by atoms with Crippen LogP contribution in [0.2, 0.25) is 0 Å². The van der Waals surface area contributed by atoms with E-state index in [1.54, 1.807) is 11.8 Å². The van der Waals surface area contributed by atoms with Crippen LogP contribution in [0.5, 0.6) is 0 Å². The summed E-state index contributed by atoms with van der Waals surface area (Å²) in [5.41, 5.74) is 8.26. The molecule has 0 aliphatic heterocycles. The monoisotopic (exact) mass is 308 g/mol. The third-order valence-electron chi connectivity index (χ3n) is 3.97. The molecule has 2 nitrogen and oxygen atoms in total. The van der Waals surface area contributed by atoms with Gasteiger partial charge in [-0.05, 0) is 37.7 Å². The van der Waals surface area contributed by atoms with E-state index in [-0.39, 0.29) is 5.54 Å². The highest BCUT2D eigenvalue weighted by molar-refractivity contribution is 7.99. The molecule has 0 spiro atoms. The summed E-state index contributed by atoms with van der Waals surface area (Å²) in [5.74, 6) is 1.02. The van der Waals surface area contributed by atoms with E-state index in [0.717, 1.165) is 17.0 Å². The Balaban J connectivity index is 2.30. The van der Waals surface area contributed by atoms with Gasteiger partial charge in [-0.25, -0.2) is 0 Å². The zero-order valence-electron chi connectivity index (χ0n) is 12.4. The molecule has 0 aromatic heterocycles. The second-order valence-electron chi connectivity index (χ2n) is 5.72. The minimum atomic E-state index is 0.174. The summed E-state index contributed by atoms with van der Waals surface area (Å²) in [6, 6.07) is 6.30. The highest BCUT2D eigenvalue weighted by Crippen LogP contribution is 2.35. The van der Waals surface area contributed by atoms with E-state index < -0.39 is 0 Å². The maximum Gasteiger partial charge on any atom is 0.107 e. The smallest absolute Gasteiger partial charge is 0.107 e. The van der Waals surface area contributed by atoms with Gasteiger partial charge < -0.3 is 11.1 Å². The van der Waals surface area contributed by atoms with Crippen molar-refractivity contribution in [3.05, 3.63) is 23.8 Å². The zero-order valence-corrected chi connectivity index (χ0v) is 14.0. The largest absolute Gasteiger partial charge is 0.389 e. The fourth-order valence-electron chi connectivity index (χ4n) is 2.95. The molecule has 0 amide bonds. The van der Waals surface area contributed by atoms with E-state index in [2.05, 4.69) is 37.4 Å². The van der Waals surface area contributed by atoms with Crippen LogP contribution in [0.1, 0.15) is 51.5 Å². The van der Waals surface area contributed by atoms with Crippen molar-refractivity contribution in [2.45, 2.75) is 56.4 Å². The van der Waals surface area contributed by atoms with Gasteiger partial charge in [0.2, 0.25) is 0 Å². The van der Waals surface area contributed by atoms with Crippen molar-refractivity contribution in [1.82, 2.24) is 0 Å². The average molecular weight is 309 g/mol. The zero-order chi connectivity index (χ0) is 14.6. The van der Waals surface area contributed by atoms with E-state index in [9.17, 15) is 0 Å². The standard InChI is InChI=1S/C16H24N2S2/c1-3-20-13-9-7-8-12(14(13)15(17)19)18-16(2)10-5-4-6-11-16/h7-9,18H,3-6,10-11H2,1-2H3,(H2,17,19). The van der Waals surface area contributed by atoms with Gasteiger partial charge in [-0.3, -0.25) is 0 Å². The first-order valence-corrected chi connectivity index (χ1v) is 8.79. The third kappa shape index (κ3) is 3.67. The van der Waals surface area contributed by atoms with Crippen LogP contribution >= 0.6 is 24.0 Å². The van der Waals surface area contributed by atoms with Crippen LogP contribution in [0.15, 0.2) is 23.1 Å². The lowest BCUT2D eigenvalue weighted by atomic mass is 9.83. The number of benzene rings is 1. The average Bonchev–Trinajstić information content (AvgIpc) is 2.39. The van der Waals surface area contributed by atoms with E-state index in [0.29, 0.717) is 4.99 Å². The van der Waals surface area contributed by atoms with Gasteiger partial charge in [0, 0.05) is 21.7 Å². The lowest BCUT2D eigenvalue weighted by molar-refractivity contribution is 0.349. The molecule has 1 aromatic carbocycles. The number of anilines is 1. The van der Waals surface area contributed by atoms with Crippen LogP contribution in [-0.2, 0) is 0 Å². The molecule has 0 radical (unpaired) electrons. The van der Waals surface area contributed by atoms with Gasteiger partial charge in [-0.2, -0.15) is 0 Å². The summed E-state index contributed by atoms with van der Waals surface area (Å²) in [7, 11) is 0. The van der Waals surface area contributed by atoms with Crippen LogP contribution in [0.25, 0.3) is 0 Å². The van der Waals surface area contributed by atoms with E-state index in [4.69, 9.17) is 18.0 Å². The summed E-state index contributed by atoms with van der Waals surface area (Å²) in [6.07, 6.45) is 6.39. The number of hydrogen-bond acceptors (Lipinski definition) is 3. The Bertz CT molecular complexity index is 479. The summed E-state index contributed by atoms with van der Waals surface area (Å²) >= 11 is 7.08. The lowest BCUT2D eigenvalue weighted by Crippen LogP contribution is -2.37. The van der Waals surface area contributed by atoms with E-state index in [1.807, 2.05) is 0 Å². The molecule has 0 saturated heterocycles. The Hall–Kier alpha value is -0.740. The predicted octanol–water partition coefficient (Wildman–Crippen LogP) is 4.57. The summed E-state index contributed by atoms with van der Waals surface area (Å²) < 4.78 is 0. The van der Waals surface area contributed by atoms with Gasteiger partial charge in [0.1, 0.15) is 4.99 Å². The lowest BCUT2D eigenvalue weighted by Gasteiger charge is -2.36.